The van der Waals surface area contributed by atoms with Crippen molar-refractivity contribution in [1.29, 1.82) is 0 Å². The molecule has 0 saturated carbocycles. The Morgan fingerprint density at radius 2 is 1.84 bits per heavy atom. The SMILES string of the molecule is Cc1ccccc1NC(=O)c1ccnc(Nc2ccc(F)cc2F)n1. The lowest BCUT2D eigenvalue weighted by Crippen LogP contribution is -2.15. The topological polar surface area (TPSA) is 66.9 Å². The Morgan fingerprint density at radius 3 is 2.60 bits per heavy atom. The van der Waals surface area contributed by atoms with E-state index in [2.05, 4.69) is 20.6 Å². The minimum absolute atomic E-state index is 0.0119. The fourth-order valence-corrected chi connectivity index (χ4v) is 2.16. The van der Waals surface area contributed by atoms with Gasteiger partial charge in [-0.3, -0.25) is 4.79 Å². The zero-order chi connectivity index (χ0) is 17.8. The number of hydrogen-bond donors (Lipinski definition) is 2. The number of hydrogen-bond acceptors (Lipinski definition) is 4. The number of para-hydroxylation sites is 1. The second-order valence-corrected chi connectivity index (χ2v) is 5.28. The van der Waals surface area contributed by atoms with Gasteiger partial charge in [-0.05, 0) is 36.8 Å². The van der Waals surface area contributed by atoms with Crippen LogP contribution in [0, 0.1) is 18.6 Å². The van der Waals surface area contributed by atoms with Crippen LogP contribution in [0.4, 0.5) is 26.1 Å². The van der Waals surface area contributed by atoms with E-state index in [9.17, 15) is 13.6 Å². The van der Waals surface area contributed by atoms with Crippen molar-refractivity contribution in [2.45, 2.75) is 6.92 Å². The fourth-order valence-electron chi connectivity index (χ4n) is 2.16. The summed E-state index contributed by atoms with van der Waals surface area (Å²) in [5.74, 6) is -1.85. The summed E-state index contributed by atoms with van der Waals surface area (Å²) in [7, 11) is 0. The largest absolute Gasteiger partial charge is 0.322 e. The molecule has 0 bridgehead atoms. The second-order valence-electron chi connectivity index (χ2n) is 5.28. The number of anilines is 3. The average Bonchev–Trinajstić information content (AvgIpc) is 2.60. The van der Waals surface area contributed by atoms with Crippen molar-refractivity contribution in [3.8, 4) is 0 Å². The van der Waals surface area contributed by atoms with E-state index in [0.717, 1.165) is 17.7 Å². The monoisotopic (exact) mass is 340 g/mol. The molecule has 5 nitrogen and oxygen atoms in total. The Hall–Kier alpha value is -3.35. The van der Waals surface area contributed by atoms with Crippen LogP contribution in [0.5, 0.6) is 0 Å². The van der Waals surface area contributed by atoms with Gasteiger partial charge in [0.15, 0.2) is 0 Å². The third kappa shape index (κ3) is 3.95. The van der Waals surface area contributed by atoms with Gasteiger partial charge in [0.1, 0.15) is 17.3 Å². The molecule has 1 amide bonds. The Kier molecular flexibility index (Phi) is 4.65. The van der Waals surface area contributed by atoms with Crippen LogP contribution in [0.1, 0.15) is 16.1 Å². The van der Waals surface area contributed by atoms with E-state index in [4.69, 9.17) is 0 Å². The third-order valence-corrected chi connectivity index (χ3v) is 3.46. The lowest BCUT2D eigenvalue weighted by Gasteiger charge is -2.09. The van der Waals surface area contributed by atoms with Crippen LogP contribution in [0.2, 0.25) is 0 Å². The van der Waals surface area contributed by atoms with Crippen molar-refractivity contribution in [2.75, 3.05) is 10.6 Å². The number of nitrogens with zero attached hydrogens (tertiary/aromatic N) is 2. The van der Waals surface area contributed by atoms with Gasteiger partial charge in [0.2, 0.25) is 5.95 Å². The molecule has 2 N–H and O–H groups in total. The van der Waals surface area contributed by atoms with E-state index in [-0.39, 0.29) is 17.3 Å². The maximum atomic E-state index is 13.7. The highest BCUT2D eigenvalue weighted by molar-refractivity contribution is 6.03. The molecule has 7 heteroatoms. The maximum absolute atomic E-state index is 13.7. The summed E-state index contributed by atoms with van der Waals surface area (Å²) in [6.07, 6.45) is 1.38. The molecule has 3 aromatic rings. The smallest absolute Gasteiger partial charge is 0.274 e. The van der Waals surface area contributed by atoms with E-state index in [0.29, 0.717) is 5.69 Å². The van der Waals surface area contributed by atoms with Gasteiger partial charge in [0.05, 0.1) is 5.69 Å². The maximum Gasteiger partial charge on any atom is 0.274 e. The summed E-state index contributed by atoms with van der Waals surface area (Å²) in [5.41, 5.74) is 1.71. The number of amides is 1. The molecule has 1 heterocycles. The number of carbonyl (C=O) groups is 1. The Labute approximate surface area is 142 Å². The molecule has 3 rings (SSSR count). The standard InChI is InChI=1S/C18H14F2N4O/c1-11-4-2-3-5-14(11)22-17(25)16-8-9-21-18(24-16)23-15-7-6-12(19)10-13(15)20/h2-10H,1H3,(H,22,25)(H,21,23,24). The number of halogens is 2. The zero-order valence-electron chi connectivity index (χ0n) is 13.3. The highest BCUT2D eigenvalue weighted by atomic mass is 19.1. The van der Waals surface area contributed by atoms with Crippen molar-refractivity contribution < 1.29 is 13.6 Å². The van der Waals surface area contributed by atoms with E-state index < -0.39 is 17.5 Å². The molecule has 0 atom stereocenters. The van der Waals surface area contributed by atoms with Crippen molar-refractivity contribution in [1.82, 2.24) is 9.97 Å². The van der Waals surface area contributed by atoms with Gasteiger partial charge in [-0.15, -0.1) is 0 Å². The zero-order valence-corrected chi connectivity index (χ0v) is 13.3. The number of aryl methyl sites for hydroxylation is 1. The molecular weight excluding hydrogens is 326 g/mol. The first kappa shape index (κ1) is 16.5. The quantitative estimate of drug-likeness (QED) is 0.752. The molecule has 126 valence electrons. The summed E-state index contributed by atoms with van der Waals surface area (Å²) >= 11 is 0. The van der Waals surface area contributed by atoms with Crippen LogP contribution in [0.25, 0.3) is 0 Å². The predicted octanol–water partition coefficient (Wildman–Crippen LogP) is 4.06. The normalized spacial score (nSPS) is 10.4. The minimum Gasteiger partial charge on any atom is -0.322 e. The van der Waals surface area contributed by atoms with Crippen LogP contribution in [-0.4, -0.2) is 15.9 Å². The number of benzene rings is 2. The van der Waals surface area contributed by atoms with Crippen LogP contribution in [0.3, 0.4) is 0 Å². The summed E-state index contributed by atoms with van der Waals surface area (Å²) < 4.78 is 26.6. The van der Waals surface area contributed by atoms with Crippen LogP contribution >= 0.6 is 0 Å². The van der Waals surface area contributed by atoms with Crippen molar-refractivity contribution in [3.05, 3.63) is 77.6 Å². The van der Waals surface area contributed by atoms with Crippen molar-refractivity contribution in [3.63, 3.8) is 0 Å². The fraction of sp³-hybridized carbons (Fsp3) is 0.0556. The van der Waals surface area contributed by atoms with E-state index in [1.54, 1.807) is 6.07 Å². The van der Waals surface area contributed by atoms with Gasteiger partial charge in [-0.1, -0.05) is 18.2 Å². The molecule has 0 spiro atoms. The molecule has 0 aliphatic carbocycles. The Bertz CT molecular complexity index is 930. The first-order valence-electron chi connectivity index (χ1n) is 7.45. The molecule has 2 aromatic carbocycles. The average molecular weight is 340 g/mol. The van der Waals surface area contributed by atoms with Crippen molar-refractivity contribution in [2.24, 2.45) is 0 Å². The Balaban J connectivity index is 1.79. The van der Waals surface area contributed by atoms with Crippen LogP contribution < -0.4 is 10.6 Å². The lowest BCUT2D eigenvalue weighted by atomic mass is 10.2. The van der Waals surface area contributed by atoms with Gasteiger partial charge < -0.3 is 10.6 Å². The molecule has 1 aromatic heterocycles. The molecule has 0 aliphatic heterocycles. The minimum atomic E-state index is -0.779. The number of aromatic nitrogens is 2. The summed E-state index contributed by atoms with van der Waals surface area (Å²) in [5, 5.41) is 5.38. The van der Waals surface area contributed by atoms with E-state index >= 15 is 0 Å². The molecule has 25 heavy (non-hydrogen) atoms. The van der Waals surface area contributed by atoms with Gasteiger partial charge in [-0.2, -0.15) is 0 Å². The molecule has 0 saturated heterocycles. The third-order valence-electron chi connectivity index (χ3n) is 3.46. The highest BCUT2D eigenvalue weighted by Crippen LogP contribution is 2.19. The first-order valence-corrected chi connectivity index (χ1v) is 7.45. The molecule has 0 fully saturated rings. The highest BCUT2D eigenvalue weighted by Gasteiger charge is 2.11. The number of nitrogens with one attached hydrogen (secondary N) is 2. The van der Waals surface area contributed by atoms with Gasteiger partial charge >= 0.3 is 0 Å². The van der Waals surface area contributed by atoms with Crippen LogP contribution in [0.15, 0.2) is 54.7 Å². The predicted molar refractivity (Wildman–Crippen MR) is 90.8 cm³/mol. The molecule has 0 aliphatic rings. The lowest BCUT2D eigenvalue weighted by molar-refractivity contribution is 0.102. The van der Waals surface area contributed by atoms with Gasteiger partial charge in [0.25, 0.3) is 5.91 Å². The first-order chi connectivity index (χ1) is 12.0. The summed E-state index contributed by atoms with van der Waals surface area (Å²) in [6.45, 7) is 1.87. The van der Waals surface area contributed by atoms with E-state index in [1.165, 1.54) is 18.3 Å². The van der Waals surface area contributed by atoms with Gasteiger partial charge in [0, 0.05) is 18.0 Å². The molecule has 0 unspecified atom stereocenters. The number of rotatable bonds is 4. The van der Waals surface area contributed by atoms with Crippen LogP contribution in [-0.2, 0) is 0 Å². The van der Waals surface area contributed by atoms with E-state index in [1.807, 2.05) is 25.1 Å². The molecular formula is C18H14F2N4O. The Morgan fingerprint density at radius 1 is 1.04 bits per heavy atom. The summed E-state index contributed by atoms with van der Waals surface area (Å²) in [4.78, 5) is 20.3. The second kappa shape index (κ2) is 7.04. The van der Waals surface area contributed by atoms with Crippen molar-refractivity contribution >= 4 is 23.2 Å². The number of carbonyl (C=O) groups excluding carboxylic acids is 1. The molecule has 0 radical (unpaired) electrons. The summed E-state index contributed by atoms with van der Waals surface area (Å²) in [6, 6.07) is 11.9. The van der Waals surface area contributed by atoms with Gasteiger partial charge in [-0.25, -0.2) is 18.7 Å².